The number of nitrogens with zero attached hydrogens (tertiary/aromatic N) is 1. The maximum atomic E-state index is 10.6. The Morgan fingerprint density at radius 2 is 2.12 bits per heavy atom. The van der Waals surface area contributed by atoms with E-state index in [0.29, 0.717) is 0 Å². The van der Waals surface area contributed by atoms with E-state index in [2.05, 4.69) is 0 Å². The fourth-order valence-electron chi connectivity index (χ4n) is 1.06. The van der Waals surface area contributed by atoms with Gasteiger partial charge in [0.1, 0.15) is 5.69 Å². The summed E-state index contributed by atoms with van der Waals surface area (Å²) in [6, 6.07) is 2.52. The SMILES string of the molecule is Nc1ccc([N+](=O)[O-])c(N)c1SCC(=O)O. The normalized spacial score (nSPS) is 10.0. The molecule has 0 fully saturated rings. The lowest BCUT2D eigenvalue weighted by molar-refractivity contribution is -0.384. The Bertz CT molecular complexity index is 449. The van der Waals surface area contributed by atoms with Gasteiger partial charge in [-0.05, 0) is 6.07 Å². The highest BCUT2D eigenvalue weighted by Gasteiger charge is 2.18. The topological polar surface area (TPSA) is 132 Å². The van der Waals surface area contributed by atoms with Crippen molar-refractivity contribution in [3.05, 3.63) is 22.2 Å². The molecule has 0 aliphatic rings. The van der Waals surface area contributed by atoms with Crippen molar-refractivity contribution in [3.8, 4) is 0 Å². The van der Waals surface area contributed by atoms with Crippen molar-refractivity contribution in [2.75, 3.05) is 17.2 Å². The number of nitro benzene ring substituents is 1. The number of nitrogen functional groups attached to an aromatic ring is 2. The van der Waals surface area contributed by atoms with Gasteiger partial charge in [-0.2, -0.15) is 0 Å². The van der Waals surface area contributed by atoms with Crippen LogP contribution in [0.3, 0.4) is 0 Å². The molecule has 0 aromatic heterocycles. The third-order valence-electron chi connectivity index (χ3n) is 1.74. The summed E-state index contributed by atoms with van der Waals surface area (Å²) < 4.78 is 0. The summed E-state index contributed by atoms with van der Waals surface area (Å²) in [5.74, 6) is -1.30. The summed E-state index contributed by atoms with van der Waals surface area (Å²) in [5.41, 5.74) is 11.0. The number of rotatable bonds is 4. The average Bonchev–Trinajstić information content (AvgIpc) is 2.16. The number of hydrogen-bond donors (Lipinski definition) is 3. The molecule has 8 heteroatoms. The van der Waals surface area contributed by atoms with Gasteiger partial charge < -0.3 is 16.6 Å². The van der Waals surface area contributed by atoms with E-state index in [4.69, 9.17) is 16.6 Å². The first kappa shape index (κ1) is 12.1. The molecule has 86 valence electrons. The maximum Gasteiger partial charge on any atom is 0.313 e. The molecule has 5 N–H and O–H groups in total. The number of nitrogens with two attached hydrogens (primary N) is 2. The van der Waals surface area contributed by atoms with Crippen LogP contribution in [0.25, 0.3) is 0 Å². The Balaban J connectivity index is 3.11. The molecule has 0 radical (unpaired) electrons. The van der Waals surface area contributed by atoms with Gasteiger partial charge in [0, 0.05) is 11.8 Å². The van der Waals surface area contributed by atoms with Gasteiger partial charge in [-0.3, -0.25) is 14.9 Å². The minimum absolute atomic E-state index is 0.101. The fourth-order valence-corrected chi connectivity index (χ4v) is 1.82. The minimum atomic E-state index is -1.05. The fraction of sp³-hybridized carbons (Fsp3) is 0.125. The molecule has 0 atom stereocenters. The van der Waals surface area contributed by atoms with Gasteiger partial charge in [0.2, 0.25) is 0 Å². The van der Waals surface area contributed by atoms with E-state index < -0.39 is 10.9 Å². The van der Waals surface area contributed by atoms with Crippen LogP contribution in [0.4, 0.5) is 17.1 Å². The van der Waals surface area contributed by atoms with E-state index in [1.54, 1.807) is 0 Å². The zero-order valence-corrected chi connectivity index (χ0v) is 8.86. The van der Waals surface area contributed by atoms with E-state index in [1.807, 2.05) is 0 Å². The van der Waals surface area contributed by atoms with Crippen LogP contribution in [0.5, 0.6) is 0 Å². The molecule has 7 nitrogen and oxygen atoms in total. The van der Waals surface area contributed by atoms with Crippen LogP contribution in [-0.2, 0) is 4.79 Å². The second-order valence-corrected chi connectivity index (χ2v) is 3.84. The Morgan fingerprint density at radius 1 is 1.50 bits per heavy atom. The zero-order valence-electron chi connectivity index (χ0n) is 8.04. The summed E-state index contributed by atoms with van der Waals surface area (Å²) in [7, 11) is 0. The van der Waals surface area contributed by atoms with Crippen LogP contribution in [0.15, 0.2) is 17.0 Å². The predicted molar refractivity (Wildman–Crippen MR) is 60.3 cm³/mol. The standard InChI is InChI=1S/C8H9N3O4S/c9-4-1-2-5(11(14)15)7(10)8(4)16-3-6(12)13/h1-2H,3,9-10H2,(H,12,13). The average molecular weight is 243 g/mol. The van der Waals surface area contributed by atoms with E-state index in [1.165, 1.54) is 12.1 Å². The largest absolute Gasteiger partial charge is 0.481 e. The lowest BCUT2D eigenvalue weighted by atomic mass is 10.2. The molecule has 1 aromatic rings. The first-order valence-corrected chi connectivity index (χ1v) is 5.09. The number of thioether (sulfide) groups is 1. The van der Waals surface area contributed by atoms with E-state index in [-0.39, 0.29) is 27.7 Å². The van der Waals surface area contributed by atoms with Crippen molar-refractivity contribution in [1.29, 1.82) is 0 Å². The van der Waals surface area contributed by atoms with Crippen molar-refractivity contribution in [2.24, 2.45) is 0 Å². The lowest BCUT2D eigenvalue weighted by Gasteiger charge is -2.07. The van der Waals surface area contributed by atoms with Gasteiger partial charge in [-0.25, -0.2) is 0 Å². The van der Waals surface area contributed by atoms with Crippen molar-refractivity contribution >= 4 is 34.8 Å². The molecular formula is C8H9N3O4S. The number of benzene rings is 1. The first-order valence-electron chi connectivity index (χ1n) is 4.10. The number of hydrogen-bond acceptors (Lipinski definition) is 6. The highest BCUT2D eigenvalue weighted by Crippen LogP contribution is 2.36. The molecule has 1 aromatic carbocycles. The van der Waals surface area contributed by atoms with Crippen LogP contribution in [-0.4, -0.2) is 21.8 Å². The molecule has 0 saturated heterocycles. The smallest absolute Gasteiger partial charge is 0.313 e. The van der Waals surface area contributed by atoms with Crippen LogP contribution >= 0.6 is 11.8 Å². The van der Waals surface area contributed by atoms with E-state index >= 15 is 0 Å². The number of carbonyl (C=O) groups is 1. The second-order valence-electron chi connectivity index (χ2n) is 2.86. The van der Waals surface area contributed by atoms with Crippen molar-refractivity contribution in [3.63, 3.8) is 0 Å². The molecule has 1 rings (SSSR count). The van der Waals surface area contributed by atoms with Gasteiger partial charge >= 0.3 is 5.97 Å². The quantitative estimate of drug-likeness (QED) is 0.310. The Labute approximate surface area is 94.6 Å². The number of carboxylic acid groups (broad SMARTS) is 1. The zero-order chi connectivity index (χ0) is 12.3. The van der Waals surface area contributed by atoms with E-state index in [9.17, 15) is 14.9 Å². The second kappa shape index (κ2) is 4.71. The van der Waals surface area contributed by atoms with Crippen LogP contribution in [0, 0.1) is 10.1 Å². The molecule has 0 heterocycles. The number of aliphatic carboxylic acids is 1. The van der Waals surface area contributed by atoms with Gasteiger partial charge in [0.15, 0.2) is 0 Å². The Hall–Kier alpha value is -1.96. The maximum absolute atomic E-state index is 10.6. The molecule has 16 heavy (non-hydrogen) atoms. The Morgan fingerprint density at radius 3 is 2.62 bits per heavy atom. The van der Waals surface area contributed by atoms with Gasteiger partial charge in [0.05, 0.1) is 15.6 Å². The van der Waals surface area contributed by atoms with Gasteiger partial charge in [-0.15, -0.1) is 11.8 Å². The monoisotopic (exact) mass is 243 g/mol. The number of anilines is 2. The molecule has 0 bridgehead atoms. The van der Waals surface area contributed by atoms with Gasteiger partial charge in [0.25, 0.3) is 5.69 Å². The number of nitro groups is 1. The summed E-state index contributed by atoms with van der Waals surface area (Å²) in [6.07, 6.45) is 0. The van der Waals surface area contributed by atoms with Crippen LogP contribution in [0.1, 0.15) is 0 Å². The van der Waals surface area contributed by atoms with Crippen LogP contribution < -0.4 is 11.5 Å². The molecule has 0 aliphatic heterocycles. The van der Waals surface area contributed by atoms with Crippen LogP contribution in [0.2, 0.25) is 0 Å². The molecule has 0 aliphatic carbocycles. The summed E-state index contributed by atoms with van der Waals surface area (Å²) in [4.78, 5) is 20.6. The summed E-state index contributed by atoms with van der Waals surface area (Å²) in [5, 5.41) is 19.1. The third-order valence-corrected chi connectivity index (χ3v) is 2.88. The third kappa shape index (κ3) is 2.54. The lowest BCUT2D eigenvalue weighted by Crippen LogP contribution is -2.03. The Kier molecular flexibility index (Phi) is 3.56. The molecule has 0 amide bonds. The van der Waals surface area contributed by atoms with Crippen molar-refractivity contribution < 1.29 is 14.8 Å². The van der Waals surface area contributed by atoms with Gasteiger partial charge in [-0.1, -0.05) is 0 Å². The van der Waals surface area contributed by atoms with Crippen molar-refractivity contribution in [1.82, 2.24) is 0 Å². The highest BCUT2D eigenvalue weighted by molar-refractivity contribution is 8.00. The predicted octanol–water partition coefficient (Wildman–Crippen LogP) is 0.936. The number of carboxylic acids is 1. The first-order chi connectivity index (χ1) is 7.43. The van der Waals surface area contributed by atoms with Crippen molar-refractivity contribution in [2.45, 2.75) is 4.90 Å². The molecule has 0 spiro atoms. The minimum Gasteiger partial charge on any atom is -0.481 e. The summed E-state index contributed by atoms with van der Waals surface area (Å²) in [6.45, 7) is 0. The molecular weight excluding hydrogens is 234 g/mol. The highest BCUT2D eigenvalue weighted by atomic mass is 32.2. The molecule has 0 unspecified atom stereocenters. The summed E-state index contributed by atoms with van der Waals surface area (Å²) >= 11 is 0.859. The molecule has 0 saturated carbocycles. The van der Waals surface area contributed by atoms with E-state index in [0.717, 1.165) is 11.8 Å².